The Bertz CT molecular complexity index is 549. The number of rotatable bonds is 1. The number of carbonyl (C=O) groups excluding carboxylic acids is 1. The van der Waals surface area contributed by atoms with Crippen LogP contribution in [0.1, 0.15) is 30.4 Å². The van der Waals surface area contributed by atoms with Crippen molar-refractivity contribution in [1.82, 2.24) is 0 Å². The second-order valence-electron chi connectivity index (χ2n) is 4.93. The van der Waals surface area contributed by atoms with Crippen molar-refractivity contribution in [2.75, 3.05) is 0 Å². The molecule has 1 aliphatic carbocycles. The van der Waals surface area contributed by atoms with Gasteiger partial charge in [0, 0.05) is 0 Å². The summed E-state index contributed by atoms with van der Waals surface area (Å²) >= 11 is 0. The van der Waals surface area contributed by atoms with Crippen molar-refractivity contribution in [3.05, 3.63) is 35.1 Å². The van der Waals surface area contributed by atoms with E-state index in [0.29, 0.717) is 12.5 Å². The molecular formula is C13H14ClF4NO2. The Morgan fingerprint density at radius 1 is 1.33 bits per heavy atom. The predicted octanol–water partition coefficient (Wildman–Crippen LogP) is 2.53. The molecule has 3 N–H and O–H groups in total. The third-order valence-corrected chi connectivity index (χ3v) is 3.56. The van der Waals surface area contributed by atoms with Crippen molar-refractivity contribution in [3.63, 3.8) is 0 Å². The molecule has 1 aromatic carbocycles. The van der Waals surface area contributed by atoms with Gasteiger partial charge in [0.05, 0.1) is 5.56 Å². The van der Waals surface area contributed by atoms with Crippen LogP contribution in [-0.4, -0.2) is 17.0 Å². The fraction of sp³-hybridized carbons (Fsp3) is 0.462. The van der Waals surface area contributed by atoms with Crippen molar-refractivity contribution in [1.29, 1.82) is 0 Å². The van der Waals surface area contributed by atoms with Crippen molar-refractivity contribution in [2.24, 2.45) is 5.73 Å². The number of ketones is 1. The third kappa shape index (κ3) is 3.20. The first-order valence-electron chi connectivity index (χ1n) is 6.05. The standard InChI is InChI=1S/C13H13F4NO2.ClH/c14-7-3-4-8(9(6-7)13(15,16)17)12(18)5-1-2-10(19)11(12)20;/h3-4,6,10,19H,1-2,5,18H2;1H. The molecule has 1 aromatic rings. The van der Waals surface area contributed by atoms with Gasteiger partial charge in [-0.15, -0.1) is 12.4 Å². The number of hydrogen-bond acceptors (Lipinski definition) is 3. The minimum atomic E-state index is -4.83. The van der Waals surface area contributed by atoms with Crippen molar-refractivity contribution in [2.45, 2.75) is 37.1 Å². The lowest BCUT2D eigenvalue weighted by molar-refractivity contribution is -0.142. The van der Waals surface area contributed by atoms with Gasteiger partial charge < -0.3 is 10.8 Å². The normalized spacial score (nSPS) is 26.4. The van der Waals surface area contributed by atoms with E-state index in [1.165, 1.54) is 0 Å². The molecule has 0 saturated heterocycles. The Morgan fingerprint density at radius 3 is 2.52 bits per heavy atom. The number of benzene rings is 1. The van der Waals surface area contributed by atoms with Gasteiger partial charge in [-0.3, -0.25) is 4.79 Å². The molecule has 0 radical (unpaired) electrons. The molecule has 8 heteroatoms. The zero-order valence-corrected chi connectivity index (χ0v) is 11.6. The first-order chi connectivity index (χ1) is 9.16. The van der Waals surface area contributed by atoms with Crippen LogP contribution in [0, 0.1) is 5.82 Å². The van der Waals surface area contributed by atoms with Gasteiger partial charge in [0.2, 0.25) is 0 Å². The lowest BCUT2D eigenvalue weighted by atomic mass is 9.73. The van der Waals surface area contributed by atoms with Gasteiger partial charge in [0.15, 0.2) is 5.78 Å². The molecule has 21 heavy (non-hydrogen) atoms. The Labute approximate surface area is 124 Å². The van der Waals surface area contributed by atoms with Gasteiger partial charge in [0.25, 0.3) is 0 Å². The number of aliphatic hydroxyl groups excluding tert-OH is 1. The van der Waals surface area contributed by atoms with Crippen molar-refractivity contribution in [3.8, 4) is 0 Å². The van der Waals surface area contributed by atoms with Gasteiger partial charge in [-0.2, -0.15) is 13.2 Å². The van der Waals surface area contributed by atoms with Crippen LogP contribution in [0.5, 0.6) is 0 Å². The van der Waals surface area contributed by atoms with Crippen LogP contribution in [0.4, 0.5) is 17.6 Å². The monoisotopic (exact) mass is 327 g/mol. The van der Waals surface area contributed by atoms with Crippen molar-refractivity contribution < 1.29 is 27.5 Å². The molecule has 0 aromatic heterocycles. The Hall–Kier alpha value is -1.18. The molecule has 1 fully saturated rings. The summed E-state index contributed by atoms with van der Waals surface area (Å²) in [6, 6.07) is 2.01. The highest BCUT2D eigenvalue weighted by atomic mass is 35.5. The van der Waals surface area contributed by atoms with E-state index in [0.717, 1.165) is 12.1 Å². The number of carbonyl (C=O) groups is 1. The molecule has 2 atom stereocenters. The summed E-state index contributed by atoms with van der Waals surface area (Å²) in [4.78, 5) is 12.0. The zero-order valence-electron chi connectivity index (χ0n) is 10.8. The summed E-state index contributed by atoms with van der Waals surface area (Å²) < 4.78 is 52.0. The first kappa shape index (κ1) is 17.9. The van der Waals surface area contributed by atoms with Gasteiger partial charge in [-0.1, -0.05) is 6.07 Å². The summed E-state index contributed by atoms with van der Waals surface area (Å²) in [6.07, 6.45) is -5.75. The van der Waals surface area contributed by atoms with Crippen LogP contribution in [0.3, 0.4) is 0 Å². The maximum atomic E-state index is 13.1. The van der Waals surface area contributed by atoms with Crippen LogP contribution in [0.15, 0.2) is 18.2 Å². The highest BCUT2D eigenvalue weighted by Crippen LogP contribution is 2.40. The predicted molar refractivity (Wildman–Crippen MR) is 69.4 cm³/mol. The lowest BCUT2D eigenvalue weighted by Crippen LogP contribution is -2.53. The molecule has 1 saturated carbocycles. The van der Waals surface area contributed by atoms with E-state index < -0.39 is 40.5 Å². The number of halogens is 5. The van der Waals surface area contributed by atoms with E-state index in [4.69, 9.17) is 5.73 Å². The largest absolute Gasteiger partial charge is 0.416 e. The highest BCUT2D eigenvalue weighted by Gasteiger charge is 2.47. The highest BCUT2D eigenvalue weighted by molar-refractivity contribution is 5.94. The fourth-order valence-electron chi connectivity index (χ4n) is 2.53. The number of aliphatic hydroxyl groups is 1. The summed E-state index contributed by atoms with van der Waals surface area (Å²) in [5, 5.41) is 9.54. The molecule has 2 unspecified atom stereocenters. The molecule has 0 bridgehead atoms. The molecule has 0 spiro atoms. The van der Waals surface area contributed by atoms with Crippen LogP contribution >= 0.6 is 12.4 Å². The third-order valence-electron chi connectivity index (χ3n) is 3.56. The number of nitrogens with two attached hydrogens (primary N) is 1. The topological polar surface area (TPSA) is 63.3 Å². The van der Waals surface area contributed by atoms with E-state index >= 15 is 0 Å². The number of alkyl halides is 3. The average Bonchev–Trinajstić information content (AvgIpc) is 2.34. The Morgan fingerprint density at radius 2 is 1.95 bits per heavy atom. The van der Waals surface area contributed by atoms with E-state index in [1.54, 1.807) is 0 Å². The maximum Gasteiger partial charge on any atom is 0.416 e. The van der Waals surface area contributed by atoms with Crippen molar-refractivity contribution >= 4 is 18.2 Å². The number of hydrogen-bond donors (Lipinski definition) is 2. The second-order valence-corrected chi connectivity index (χ2v) is 4.93. The maximum absolute atomic E-state index is 13.1. The zero-order chi connectivity index (χ0) is 15.1. The van der Waals surface area contributed by atoms with Gasteiger partial charge in [-0.25, -0.2) is 4.39 Å². The molecule has 2 rings (SSSR count). The summed E-state index contributed by atoms with van der Waals surface area (Å²) in [6.45, 7) is 0. The minimum Gasteiger partial charge on any atom is -0.385 e. The summed E-state index contributed by atoms with van der Waals surface area (Å²) in [5.74, 6) is -1.92. The number of Topliss-reactive ketones (excluding diaryl/α,β-unsaturated/α-hetero) is 1. The molecule has 0 amide bonds. The van der Waals surface area contributed by atoms with Crippen LogP contribution in [-0.2, 0) is 16.5 Å². The van der Waals surface area contributed by atoms with Crippen LogP contribution in [0.25, 0.3) is 0 Å². The SMILES string of the molecule is Cl.NC1(c2ccc(F)cc2C(F)(F)F)CCCC(O)C1=O. The lowest BCUT2D eigenvalue weighted by Gasteiger charge is -2.36. The van der Waals surface area contributed by atoms with E-state index in [9.17, 15) is 27.5 Å². The molecular weight excluding hydrogens is 314 g/mol. The average molecular weight is 328 g/mol. The van der Waals surface area contributed by atoms with Gasteiger partial charge >= 0.3 is 6.18 Å². The van der Waals surface area contributed by atoms with Gasteiger partial charge in [-0.05, 0) is 37.0 Å². The van der Waals surface area contributed by atoms with E-state index in [-0.39, 0.29) is 25.2 Å². The van der Waals surface area contributed by atoms with E-state index in [1.807, 2.05) is 0 Å². The minimum absolute atomic E-state index is 0. The van der Waals surface area contributed by atoms with Gasteiger partial charge in [0.1, 0.15) is 17.5 Å². The molecule has 0 aliphatic heterocycles. The molecule has 0 heterocycles. The molecule has 1 aliphatic rings. The first-order valence-corrected chi connectivity index (χ1v) is 6.05. The van der Waals surface area contributed by atoms with Crippen LogP contribution in [0.2, 0.25) is 0 Å². The molecule has 3 nitrogen and oxygen atoms in total. The Balaban J connectivity index is 0.00000220. The fourth-order valence-corrected chi connectivity index (χ4v) is 2.53. The second kappa shape index (κ2) is 5.90. The molecule has 118 valence electrons. The quantitative estimate of drug-likeness (QED) is 0.779. The summed E-state index contributed by atoms with van der Waals surface area (Å²) in [7, 11) is 0. The Kier molecular flexibility index (Phi) is 5.02. The van der Waals surface area contributed by atoms with E-state index in [2.05, 4.69) is 0 Å². The summed E-state index contributed by atoms with van der Waals surface area (Å²) in [5.41, 5.74) is 2.13. The smallest absolute Gasteiger partial charge is 0.385 e. The van der Waals surface area contributed by atoms with Crippen LogP contribution < -0.4 is 5.73 Å².